The van der Waals surface area contributed by atoms with Gasteiger partial charge in [0.05, 0.1) is 0 Å². The Morgan fingerprint density at radius 1 is 1.07 bits per heavy atom. The zero-order valence-electron chi connectivity index (χ0n) is 17.1. The summed E-state index contributed by atoms with van der Waals surface area (Å²) in [5.74, 6) is 1.94. The highest BCUT2D eigenvalue weighted by atomic mass is 32.2. The quantitative estimate of drug-likeness (QED) is 0.476. The van der Waals surface area contributed by atoms with Crippen LogP contribution in [-0.4, -0.2) is 49.1 Å². The Hall–Kier alpha value is -2.34. The molecule has 5 nitrogen and oxygen atoms in total. The maximum Gasteiger partial charge on any atom is 0.191 e. The summed E-state index contributed by atoms with van der Waals surface area (Å²) < 4.78 is 12.2. The summed E-state index contributed by atoms with van der Waals surface area (Å²) in [6.07, 6.45) is 0. The van der Waals surface area contributed by atoms with Crippen molar-refractivity contribution < 1.29 is 4.21 Å². The molecule has 2 rings (SSSR count). The largest absolute Gasteiger partial charge is 0.370 e. The molecule has 2 N–H and O–H groups in total. The van der Waals surface area contributed by atoms with E-state index in [0.717, 1.165) is 31.2 Å². The van der Waals surface area contributed by atoms with E-state index in [9.17, 15) is 4.21 Å². The molecule has 0 aliphatic carbocycles. The molecule has 1 unspecified atom stereocenters. The summed E-state index contributed by atoms with van der Waals surface area (Å²) >= 11 is 0. The van der Waals surface area contributed by atoms with E-state index in [1.165, 1.54) is 11.3 Å². The van der Waals surface area contributed by atoms with Crippen LogP contribution in [0.5, 0.6) is 0 Å². The minimum absolute atomic E-state index is 0.594. The van der Waals surface area contributed by atoms with Crippen LogP contribution >= 0.6 is 0 Å². The molecule has 0 amide bonds. The number of aryl methyl sites for hydroxylation is 1. The Balaban J connectivity index is 1.70. The SMILES string of the molecule is CCN(CCNC(=NC)NCCS(=O)Cc1ccccc1)c1cccc(C)c1. The Bertz CT molecular complexity index is 764. The van der Waals surface area contributed by atoms with Gasteiger partial charge >= 0.3 is 0 Å². The topological polar surface area (TPSA) is 56.7 Å². The van der Waals surface area contributed by atoms with Crippen LogP contribution in [0.15, 0.2) is 59.6 Å². The van der Waals surface area contributed by atoms with E-state index < -0.39 is 10.8 Å². The first kappa shape index (κ1) is 22.0. The number of hydrogen-bond donors (Lipinski definition) is 2. The first-order chi connectivity index (χ1) is 13.6. The van der Waals surface area contributed by atoms with Crippen LogP contribution in [0.2, 0.25) is 0 Å². The van der Waals surface area contributed by atoms with Crippen molar-refractivity contribution in [3.63, 3.8) is 0 Å². The number of likely N-dealkylation sites (N-methyl/N-ethyl adjacent to an activating group) is 1. The van der Waals surface area contributed by atoms with Gasteiger partial charge in [-0.2, -0.15) is 0 Å². The molecule has 1 atom stereocenters. The lowest BCUT2D eigenvalue weighted by Crippen LogP contribution is -2.42. The maximum absolute atomic E-state index is 12.2. The fourth-order valence-corrected chi connectivity index (χ4v) is 3.98. The molecule has 6 heteroatoms. The molecule has 0 aliphatic rings. The van der Waals surface area contributed by atoms with E-state index in [1.54, 1.807) is 7.05 Å². The summed E-state index contributed by atoms with van der Waals surface area (Å²) in [6, 6.07) is 18.5. The Morgan fingerprint density at radius 3 is 2.50 bits per heavy atom. The highest BCUT2D eigenvalue weighted by Gasteiger charge is 2.06. The average Bonchev–Trinajstić information content (AvgIpc) is 2.70. The maximum atomic E-state index is 12.2. The average molecular weight is 401 g/mol. The first-order valence-corrected chi connectivity index (χ1v) is 11.3. The molecule has 0 aromatic heterocycles. The van der Waals surface area contributed by atoms with Crippen molar-refractivity contribution in [1.29, 1.82) is 0 Å². The molecule has 2 aromatic rings. The summed E-state index contributed by atoms with van der Waals surface area (Å²) in [7, 11) is 0.874. The van der Waals surface area contributed by atoms with Gasteiger partial charge in [0.15, 0.2) is 5.96 Å². The fourth-order valence-electron chi connectivity index (χ4n) is 2.94. The fraction of sp³-hybridized carbons (Fsp3) is 0.409. The second kappa shape index (κ2) is 12.2. The van der Waals surface area contributed by atoms with Gasteiger partial charge in [-0.3, -0.25) is 9.20 Å². The summed E-state index contributed by atoms with van der Waals surface area (Å²) in [6.45, 7) is 7.54. The van der Waals surface area contributed by atoms with Gasteiger partial charge in [0.2, 0.25) is 0 Å². The first-order valence-electron chi connectivity index (χ1n) is 9.77. The highest BCUT2D eigenvalue weighted by Crippen LogP contribution is 2.14. The van der Waals surface area contributed by atoms with Crippen LogP contribution in [-0.2, 0) is 16.6 Å². The van der Waals surface area contributed by atoms with Crippen LogP contribution in [0.4, 0.5) is 5.69 Å². The predicted molar refractivity (Wildman–Crippen MR) is 122 cm³/mol. The van der Waals surface area contributed by atoms with E-state index >= 15 is 0 Å². The molecule has 0 saturated carbocycles. The van der Waals surface area contributed by atoms with Crippen molar-refractivity contribution >= 4 is 22.4 Å². The molecule has 28 heavy (non-hydrogen) atoms. The van der Waals surface area contributed by atoms with Crippen LogP contribution in [0.3, 0.4) is 0 Å². The van der Waals surface area contributed by atoms with Crippen molar-refractivity contribution in [3.8, 4) is 0 Å². The van der Waals surface area contributed by atoms with Crippen LogP contribution in [0.25, 0.3) is 0 Å². The van der Waals surface area contributed by atoms with E-state index in [2.05, 4.69) is 58.6 Å². The van der Waals surface area contributed by atoms with Gasteiger partial charge in [0.25, 0.3) is 0 Å². The van der Waals surface area contributed by atoms with Crippen molar-refractivity contribution in [3.05, 3.63) is 65.7 Å². The summed E-state index contributed by atoms with van der Waals surface area (Å²) in [5, 5.41) is 6.59. The van der Waals surface area contributed by atoms with Crippen molar-refractivity contribution in [2.75, 3.05) is 43.9 Å². The number of aliphatic imine (C=N–C) groups is 1. The lowest BCUT2D eigenvalue weighted by Gasteiger charge is -2.24. The zero-order valence-corrected chi connectivity index (χ0v) is 18.0. The molecule has 0 bridgehead atoms. The predicted octanol–water partition coefficient (Wildman–Crippen LogP) is 2.94. The van der Waals surface area contributed by atoms with Gasteiger partial charge in [-0.1, -0.05) is 42.5 Å². The lowest BCUT2D eigenvalue weighted by atomic mass is 10.2. The molecule has 0 spiro atoms. The summed E-state index contributed by atoms with van der Waals surface area (Å²) in [5.41, 5.74) is 3.62. The Labute approximate surface area is 171 Å². The van der Waals surface area contributed by atoms with Crippen LogP contribution < -0.4 is 15.5 Å². The van der Waals surface area contributed by atoms with Gasteiger partial charge in [-0.05, 0) is 37.1 Å². The molecule has 0 heterocycles. The summed E-state index contributed by atoms with van der Waals surface area (Å²) in [4.78, 5) is 6.59. The second-order valence-corrected chi connectivity index (χ2v) is 8.19. The zero-order chi connectivity index (χ0) is 20.2. The Morgan fingerprint density at radius 2 is 1.82 bits per heavy atom. The van der Waals surface area contributed by atoms with E-state index in [1.807, 2.05) is 30.3 Å². The van der Waals surface area contributed by atoms with Crippen LogP contribution in [0.1, 0.15) is 18.1 Å². The van der Waals surface area contributed by atoms with Crippen molar-refractivity contribution in [2.45, 2.75) is 19.6 Å². The van der Waals surface area contributed by atoms with Crippen molar-refractivity contribution in [1.82, 2.24) is 10.6 Å². The van der Waals surface area contributed by atoms with Gasteiger partial charge in [-0.25, -0.2) is 0 Å². The number of nitrogens with one attached hydrogen (secondary N) is 2. The molecular formula is C22H32N4OS. The molecule has 0 aliphatic heterocycles. The molecule has 2 aromatic carbocycles. The highest BCUT2D eigenvalue weighted by molar-refractivity contribution is 7.84. The minimum Gasteiger partial charge on any atom is -0.370 e. The normalized spacial score (nSPS) is 12.5. The van der Waals surface area contributed by atoms with E-state index in [0.29, 0.717) is 18.1 Å². The number of benzene rings is 2. The third kappa shape index (κ3) is 7.72. The smallest absolute Gasteiger partial charge is 0.191 e. The van der Waals surface area contributed by atoms with Crippen molar-refractivity contribution in [2.24, 2.45) is 4.99 Å². The van der Waals surface area contributed by atoms with Gasteiger partial charge < -0.3 is 15.5 Å². The van der Waals surface area contributed by atoms with Gasteiger partial charge in [0, 0.05) is 61.2 Å². The number of rotatable bonds is 10. The van der Waals surface area contributed by atoms with Gasteiger partial charge in [-0.15, -0.1) is 0 Å². The number of nitrogens with zero attached hydrogens (tertiary/aromatic N) is 2. The monoisotopic (exact) mass is 400 g/mol. The number of anilines is 1. The third-order valence-electron chi connectivity index (χ3n) is 4.44. The molecule has 152 valence electrons. The van der Waals surface area contributed by atoms with Gasteiger partial charge in [0.1, 0.15) is 0 Å². The molecular weight excluding hydrogens is 368 g/mol. The van der Waals surface area contributed by atoms with E-state index in [4.69, 9.17) is 0 Å². The van der Waals surface area contributed by atoms with Crippen LogP contribution in [0, 0.1) is 6.92 Å². The third-order valence-corrected chi connectivity index (χ3v) is 5.75. The Kier molecular flexibility index (Phi) is 9.55. The molecule has 0 fully saturated rings. The second-order valence-electron chi connectivity index (χ2n) is 6.62. The van der Waals surface area contributed by atoms with E-state index in [-0.39, 0.29) is 0 Å². The minimum atomic E-state index is -0.885. The molecule has 0 saturated heterocycles. The standard InChI is InChI=1S/C22H32N4OS/c1-4-26(21-12-8-9-19(2)17-21)15-13-24-22(23-3)25-14-16-28(27)18-20-10-6-5-7-11-20/h5-12,17H,4,13-16,18H2,1-3H3,(H2,23,24,25). The number of guanidine groups is 1. The molecule has 0 radical (unpaired) electrons. The number of hydrogen-bond acceptors (Lipinski definition) is 3. The lowest BCUT2D eigenvalue weighted by molar-refractivity contribution is 0.680.